The molecule has 7 heteroatoms. The summed E-state index contributed by atoms with van der Waals surface area (Å²) in [5, 5.41) is 0.732. The van der Waals surface area contributed by atoms with E-state index < -0.39 is 6.04 Å². The molecule has 0 bridgehead atoms. The van der Waals surface area contributed by atoms with Crippen molar-refractivity contribution in [2.45, 2.75) is 13.0 Å². The molecule has 1 fully saturated rings. The van der Waals surface area contributed by atoms with Gasteiger partial charge in [0.2, 0.25) is 5.91 Å². The summed E-state index contributed by atoms with van der Waals surface area (Å²) in [7, 11) is 1.58. The van der Waals surface area contributed by atoms with Crippen molar-refractivity contribution in [3.05, 3.63) is 58.1 Å². The maximum Gasteiger partial charge on any atom is 0.256 e. The first kappa shape index (κ1) is 18.5. The molecule has 0 radical (unpaired) electrons. The zero-order valence-corrected chi connectivity index (χ0v) is 15.9. The van der Waals surface area contributed by atoms with Crippen LogP contribution in [0, 0.1) is 0 Å². The van der Waals surface area contributed by atoms with Gasteiger partial charge in [-0.3, -0.25) is 9.59 Å². The number of anilines is 1. The zero-order chi connectivity index (χ0) is 18.8. The summed E-state index contributed by atoms with van der Waals surface area (Å²) in [4.78, 5) is 28.9. The normalized spacial score (nSPS) is 17.4. The molecular formula is C19H18Cl2N2O3. The van der Waals surface area contributed by atoms with Gasteiger partial charge in [0.25, 0.3) is 5.91 Å². The zero-order valence-electron chi connectivity index (χ0n) is 14.4. The van der Waals surface area contributed by atoms with E-state index in [0.29, 0.717) is 29.4 Å². The Hall–Kier alpha value is -2.24. The number of halogens is 2. The third-order valence-electron chi connectivity index (χ3n) is 4.44. The number of hydrogen-bond donors (Lipinski definition) is 0. The van der Waals surface area contributed by atoms with Crippen LogP contribution in [0.25, 0.3) is 0 Å². The fourth-order valence-electron chi connectivity index (χ4n) is 3.00. The molecule has 0 aliphatic carbocycles. The minimum atomic E-state index is -0.603. The van der Waals surface area contributed by atoms with Crippen molar-refractivity contribution >= 4 is 40.7 Å². The Kier molecular flexibility index (Phi) is 5.39. The number of carbonyl (C=O) groups is 2. The molecule has 1 heterocycles. The van der Waals surface area contributed by atoms with Gasteiger partial charge < -0.3 is 14.5 Å². The molecule has 0 N–H and O–H groups in total. The van der Waals surface area contributed by atoms with E-state index in [2.05, 4.69) is 0 Å². The van der Waals surface area contributed by atoms with Gasteiger partial charge in [-0.05, 0) is 37.3 Å². The summed E-state index contributed by atoms with van der Waals surface area (Å²) in [5.41, 5.74) is 1.09. The first-order valence-corrected chi connectivity index (χ1v) is 8.89. The largest absolute Gasteiger partial charge is 0.497 e. The summed E-state index contributed by atoms with van der Waals surface area (Å²) in [5.74, 6) is 0.246. The van der Waals surface area contributed by atoms with Crippen molar-refractivity contribution in [2.75, 3.05) is 25.1 Å². The Morgan fingerprint density at radius 3 is 2.62 bits per heavy atom. The number of nitrogens with zero attached hydrogens (tertiary/aromatic N) is 2. The summed E-state index contributed by atoms with van der Waals surface area (Å²) < 4.78 is 5.22. The van der Waals surface area contributed by atoms with E-state index in [9.17, 15) is 9.59 Å². The van der Waals surface area contributed by atoms with Crippen LogP contribution in [0.4, 0.5) is 5.69 Å². The molecule has 0 saturated carbocycles. The summed E-state index contributed by atoms with van der Waals surface area (Å²) in [6, 6.07) is 11.4. The Bertz CT molecular complexity index is 856. The second-order valence-electron chi connectivity index (χ2n) is 5.99. The Morgan fingerprint density at radius 2 is 1.92 bits per heavy atom. The predicted octanol–water partition coefficient (Wildman–Crippen LogP) is 3.88. The molecule has 5 nitrogen and oxygen atoms in total. The third-order valence-corrected chi connectivity index (χ3v) is 4.99. The summed E-state index contributed by atoms with van der Waals surface area (Å²) in [6.45, 7) is 2.52. The summed E-state index contributed by atoms with van der Waals surface area (Å²) in [6.07, 6.45) is 0. The van der Waals surface area contributed by atoms with Crippen LogP contribution >= 0.6 is 23.2 Å². The predicted molar refractivity (Wildman–Crippen MR) is 102 cm³/mol. The molecule has 0 spiro atoms. The molecule has 1 saturated heterocycles. The van der Waals surface area contributed by atoms with Gasteiger partial charge in [0.1, 0.15) is 11.8 Å². The van der Waals surface area contributed by atoms with Crippen LogP contribution in [0.15, 0.2) is 42.5 Å². The maximum atomic E-state index is 12.8. The SMILES string of the molecule is COc1cccc(N2CCN(C(=O)c3ccc(Cl)cc3Cl)[C@H](C)C2=O)c1. The van der Waals surface area contributed by atoms with Crippen LogP contribution in [-0.2, 0) is 4.79 Å². The van der Waals surface area contributed by atoms with E-state index >= 15 is 0 Å². The monoisotopic (exact) mass is 392 g/mol. The molecule has 2 amide bonds. The lowest BCUT2D eigenvalue weighted by atomic mass is 10.1. The minimum absolute atomic E-state index is 0.150. The van der Waals surface area contributed by atoms with Crippen molar-refractivity contribution in [2.24, 2.45) is 0 Å². The molecule has 1 aliphatic heterocycles. The number of carbonyl (C=O) groups excluding carboxylic acids is 2. The first-order valence-electron chi connectivity index (χ1n) is 8.14. The molecule has 2 aromatic rings. The third kappa shape index (κ3) is 3.50. The molecule has 2 aromatic carbocycles. The molecule has 0 aromatic heterocycles. The van der Waals surface area contributed by atoms with Crippen molar-refractivity contribution in [1.29, 1.82) is 0 Å². The number of piperazine rings is 1. The van der Waals surface area contributed by atoms with Crippen molar-refractivity contribution in [3.63, 3.8) is 0 Å². The van der Waals surface area contributed by atoms with Gasteiger partial charge >= 0.3 is 0 Å². The number of benzene rings is 2. The van der Waals surface area contributed by atoms with E-state index in [-0.39, 0.29) is 16.8 Å². The Morgan fingerprint density at radius 1 is 1.15 bits per heavy atom. The van der Waals surface area contributed by atoms with Crippen molar-refractivity contribution < 1.29 is 14.3 Å². The highest BCUT2D eigenvalue weighted by atomic mass is 35.5. The smallest absolute Gasteiger partial charge is 0.256 e. The van der Waals surface area contributed by atoms with E-state index in [1.807, 2.05) is 18.2 Å². The van der Waals surface area contributed by atoms with Crippen LogP contribution in [0.5, 0.6) is 5.75 Å². The molecule has 0 unspecified atom stereocenters. The first-order chi connectivity index (χ1) is 12.4. The highest BCUT2D eigenvalue weighted by molar-refractivity contribution is 6.36. The van der Waals surface area contributed by atoms with Crippen LogP contribution in [0.3, 0.4) is 0 Å². The fraction of sp³-hybridized carbons (Fsp3) is 0.263. The Balaban J connectivity index is 1.82. The standard InChI is InChI=1S/C19H18Cl2N2O3/c1-12-18(24)23(14-4-3-5-15(11-14)26-2)9-8-22(12)19(25)16-7-6-13(20)10-17(16)21/h3-7,10-12H,8-9H2,1-2H3/t12-/m1/s1. The number of rotatable bonds is 3. The van der Waals surface area contributed by atoms with Gasteiger partial charge in [0, 0.05) is 29.9 Å². The van der Waals surface area contributed by atoms with Crippen LogP contribution in [0.1, 0.15) is 17.3 Å². The molecule has 3 rings (SSSR count). The average Bonchev–Trinajstić information content (AvgIpc) is 2.63. The van der Waals surface area contributed by atoms with Crippen molar-refractivity contribution in [3.8, 4) is 5.75 Å². The van der Waals surface area contributed by atoms with E-state index in [4.69, 9.17) is 27.9 Å². The van der Waals surface area contributed by atoms with Crippen LogP contribution in [-0.4, -0.2) is 43.0 Å². The minimum Gasteiger partial charge on any atom is -0.497 e. The highest BCUT2D eigenvalue weighted by Crippen LogP contribution is 2.27. The average molecular weight is 393 g/mol. The van der Waals surface area contributed by atoms with Gasteiger partial charge in [0.05, 0.1) is 17.7 Å². The molecular weight excluding hydrogens is 375 g/mol. The van der Waals surface area contributed by atoms with Gasteiger partial charge in [-0.1, -0.05) is 29.3 Å². The quantitative estimate of drug-likeness (QED) is 0.796. The molecule has 26 heavy (non-hydrogen) atoms. The van der Waals surface area contributed by atoms with E-state index in [1.165, 1.54) is 11.0 Å². The van der Waals surface area contributed by atoms with E-state index in [0.717, 1.165) is 5.69 Å². The summed E-state index contributed by atoms with van der Waals surface area (Å²) >= 11 is 12.0. The topological polar surface area (TPSA) is 49.9 Å². The lowest BCUT2D eigenvalue weighted by Crippen LogP contribution is -2.57. The lowest BCUT2D eigenvalue weighted by Gasteiger charge is -2.39. The van der Waals surface area contributed by atoms with Gasteiger partial charge in [-0.2, -0.15) is 0 Å². The van der Waals surface area contributed by atoms with Gasteiger partial charge in [-0.15, -0.1) is 0 Å². The number of methoxy groups -OCH3 is 1. The Labute approximate surface area is 162 Å². The van der Waals surface area contributed by atoms with Crippen LogP contribution < -0.4 is 9.64 Å². The number of amides is 2. The molecule has 1 atom stereocenters. The van der Waals surface area contributed by atoms with Crippen LogP contribution in [0.2, 0.25) is 10.0 Å². The number of ether oxygens (including phenoxy) is 1. The second-order valence-corrected chi connectivity index (χ2v) is 6.83. The van der Waals surface area contributed by atoms with Gasteiger partial charge in [-0.25, -0.2) is 0 Å². The van der Waals surface area contributed by atoms with Gasteiger partial charge in [0.15, 0.2) is 0 Å². The molecule has 136 valence electrons. The number of hydrogen-bond acceptors (Lipinski definition) is 3. The fourth-order valence-corrected chi connectivity index (χ4v) is 3.49. The lowest BCUT2D eigenvalue weighted by molar-refractivity contribution is -0.124. The van der Waals surface area contributed by atoms with E-state index in [1.54, 1.807) is 37.1 Å². The maximum absolute atomic E-state index is 12.8. The highest BCUT2D eigenvalue weighted by Gasteiger charge is 2.36. The molecule has 1 aliphatic rings. The van der Waals surface area contributed by atoms with Crippen molar-refractivity contribution in [1.82, 2.24) is 4.90 Å². The second kappa shape index (κ2) is 7.56.